The molecule has 0 saturated carbocycles. The summed E-state index contributed by atoms with van der Waals surface area (Å²) in [7, 11) is -1.65. The quantitative estimate of drug-likeness (QED) is 0.776. The molecule has 2 amide bonds. The minimum absolute atomic E-state index is 0.00762. The van der Waals surface area contributed by atoms with Gasteiger partial charge in [0.25, 0.3) is 0 Å². The zero-order valence-electron chi connectivity index (χ0n) is 13.1. The molecular weight excluding hydrogens is 292 g/mol. The van der Waals surface area contributed by atoms with Crippen LogP contribution in [0.4, 0.5) is 0 Å². The molecule has 122 valence electrons. The summed E-state index contributed by atoms with van der Waals surface area (Å²) in [6.07, 6.45) is 2.28. The van der Waals surface area contributed by atoms with E-state index in [0.29, 0.717) is 12.3 Å². The highest BCUT2D eigenvalue weighted by Crippen LogP contribution is 2.18. The summed E-state index contributed by atoms with van der Waals surface area (Å²) in [5.74, 6) is 0.0673. The number of nitrogens with zero attached hydrogens (tertiary/aromatic N) is 1. The molecule has 0 aromatic rings. The van der Waals surface area contributed by atoms with Gasteiger partial charge in [0.2, 0.25) is 11.8 Å². The fourth-order valence-electron chi connectivity index (χ4n) is 2.42. The minimum Gasteiger partial charge on any atom is -0.359 e. The van der Waals surface area contributed by atoms with Gasteiger partial charge in [0.05, 0.1) is 17.5 Å². The van der Waals surface area contributed by atoms with Crippen molar-refractivity contribution in [2.24, 2.45) is 5.92 Å². The Morgan fingerprint density at radius 1 is 1.38 bits per heavy atom. The second-order valence-electron chi connectivity index (χ2n) is 5.78. The van der Waals surface area contributed by atoms with Crippen molar-refractivity contribution in [2.75, 3.05) is 25.1 Å². The van der Waals surface area contributed by atoms with E-state index in [4.69, 9.17) is 0 Å². The van der Waals surface area contributed by atoms with Crippen LogP contribution in [0.15, 0.2) is 0 Å². The summed E-state index contributed by atoms with van der Waals surface area (Å²) in [5.41, 5.74) is 0. The van der Waals surface area contributed by atoms with Gasteiger partial charge in [0.15, 0.2) is 9.84 Å². The third-order valence-corrected chi connectivity index (χ3v) is 5.80. The number of hydrogen-bond acceptors (Lipinski definition) is 4. The number of carbonyl (C=O) groups is 2. The Labute approximate surface area is 127 Å². The van der Waals surface area contributed by atoms with Crippen LogP contribution in [0.1, 0.15) is 39.5 Å². The normalized spacial score (nSPS) is 22.6. The standard InChI is InChI=1S/C14H26N2O4S/c1-4-11(2)5-6-14(18)16-7-8-21(19,20)10-12(16)9-13(17)15-3/h11-12H,4-10H2,1-3H3,(H,15,17). The largest absolute Gasteiger partial charge is 0.359 e. The zero-order chi connectivity index (χ0) is 16.0. The first-order valence-corrected chi connectivity index (χ1v) is 9.31. The van der Waals surface area contributed by atoms with Gasteiger partial charge in [0.1, 0.15) is 0 Å². The summed E-state index contributed by atoms with van der Waals surface area (Å²) in [6.45, 7) is 4.37. The fraction of sp³-hybridized carbons (Fsp3) is 0.857. The first kappa shape index (κ1) is 17.9. The van der Waals surface area contributed by atoms with Gasteiger partial charge in [-0.25, -0.2) is 8.42 Å². The summed E-state index contributed by atoms with van der Waals surface area (Å²) in [4.78, 5) is 25.4. The zero-order valence-corrected chi connectivity index (χ0v) is 13.9. The van der Waals surface area contributed by atoms with Gasteiger partial charge in [-0.2, -0.15) is 0 Å². The van der Waals surface area contributed by atoms with Crippen molar-refractivity contribution in [1.29, 1.82) is 0 Å². The van der Waals surface area contributed by atoms with Crippen molar-refractivity contribution < 1.29 is 18.0 Å². The van der Waals surface area contributed by atoms with E-state index in [9.17, 15) is 18.0 Å². The molecule has 1 aliphatic rings. The molecule has 1 aliphatic heterocycles. The van der Waals surface area contributed by atoms with Crippen LogP contribution in [0.25, 0.3) is 0 Å². The van der Waals surface area contributed by atoms with Crippen LogP contribution in [-0.2, 0) is 19.4 Å². The molecule has 1 fully saturated rings. The van der Waals surface area contributed by atoms with Crippen LogP contribution in [0.5, 0.6) is 0 Å². The summed E-state index contributed by atoms with van der Waals surface area (Å²) in [6, 6.07) is -0.534. The SMILES string of the molecule is CCC(C)CCC(=O)N1CCS(=O)(=O)CC1CC(=O)NC. The molecular formula is C14H26N2O4S. The number of hydrogen-bond donors (Lipinski definition) is 1. The lowest BCUT2D eigenvalue weighted by atomic mass is 10.0. The molecule has 21 heavy (non-hydrogen) atoms. The Bertz CT molecular complexity index is 475. The van der Waals surface area contributed by atoms with Gasteiger partial charge in [-0.15, -0.1) is 0 Å². The molecule has 0 aromatic carbocycles. The topological polar surface area (TPSA) is 83.6 Å². The first-order valence-electron chi connectivity index (χ1n) is 7.49. The van der Waals surface area contributed by atoms with Crippen LogP contribution >= 0.6 is 0 Å². The van der Waals surface area contributed by atoms with E-state index in [2.05, 4.69) is 19.2 Å². The Kier molecular flexibility index (Phi) is 6.64. The molecule has 1 N–H and O–H groups in total. The van der Waals surface area contributed by atoms with Crippen molar-refractivity contribution in [3.05, 3.63) is 0 Å². The lowest BCUT2D eigenvalue weighted by molar-refractivity contribution is -0.134. The van der Waals surface area contributed by atoms with Gasteiger partial charge >= 0.3 is 0 Å². The molecule has 2 atom stereocenters. The maximum Gasteiger partial charge on any atom is 0.222 e. The monoisotopic (exact) mass is 318 g/mol. The lowest BCUT2D eigenvalue weighted by Crippen LogP contribution is -2.52. The molecule has 1 heterocycles. The molecule has 0 aromatic heterocycles. The van der Waals surface area contributed by atoms with Crippen molar-refractivity contribution in [1.82, 2.24) is 10.2 Å². The Hall–Kier alpha value is -1.11. The highest BCUT2D eigenvalue weighted by molar-refractivity contribution is 7.91. The van der Waals surface area contributed by atoms with E-state index < -0.39 is 15.9 Å². The van der Waals surface area contributed by atoms with E-state index in [1.807, 2.05) is 0 Å². The van der Waals surface area contributed by atoms with E-state index in [0.717, 1.165) is 12.8 Å². The van der Waals surface area contributed by atoms with Crippen molar-refractivity contribution >= 4 is 21.7 Å². The smallest absolute Gasteiger partial charge is 0.222 e. The predicted molar refractivity (Wildman–Crippen MR) is 81.5 cm³/mol. The van der Waals surface area contributed by atoms with Gasteiger partial charge in [0, 0.05) is 26.4 Å². The molecule has 7 heteroatoms. The van der Waals surface area contributed by atoms with Crippen LogP contribution in [0, 0.1) is 5.92 Å². The van der Waals surface area contributed by atoms with E-state index in [1.54, 1.807) is 4.90 Å². The maximum atomic E-state index is 12.3. The molecule has 0 radical (unpaired) electrons. The summed E-state index contributed by atoms with van der Waals surface area (Å²) in [5, 5.41) is 2.49. The maximum absolute atomic E-state index is 12.3. The third kappa shape index (κ3) is 5.65. The average molecular weight is 318 g/mol. The second kappa shape index (κ2) is 7.77. The number of nitrogens with one attached hydrogen (secondary N) is 1. The highest BCUT2D eigenvalue weighted by atomic mass is 32.2. The Balaban J connectivity index is 2.71. The van der Waals surface area contributed by atoms with Crippen molar-refractivity contribution in [3.8, 4) is 0 Å². The molecule has 1 saturated heterocycles. The van der Waals surface area contributed by atoms with Crippen LogP contribution < -0.4 is 5.32 Å². The summed E-state index contributed by atoms with van der Waals surface area (Å²) < 4.78 is 23.5. The number of rotatable bonds is 6. The second-order valence-corrected chi connectivity index (χ2v) is 8.01. The third-order valence-electron chi connectivity index (χ3n) is 4.10. The number of amides is 2. The number of carbonyl (C=O) groups excluding carboxylic acids is 2. The van der Waals surface area contributed by atoms with E-state index >= 15 is 0 Å². The van der Waals surface area contributed by atoms with Crippen molar-refractivity contribution in [3.63, 3.8) is 0 Å². The van der Waals surface area contributed by atoms with E-state index in [-0.39, 0.29) is 36.3 Å². The number of sulfone groups is 1. The Morgan fingerprint density at radius 3 is 2.62 bits per heavy atom. The molecule has 1 rings (SSSR count). The van der Waals surface area contributed by atoms with Crippen molar-refractivity contribution in [2.45, 2.75) is 45.6 Å². The van der Waals surface area contributed by atoms with Gasteiger partial charge in [-0.3, -0.25) is 9.59 Å². The van der Waals surface area contributed by atoms with Gasteiger partial charge in [-0.05, 0) is 12.3 Å². The molecule has 0 spiro atoms. The molecule has 2 unspecified atom stereocenters. The van der Waals surface area contributed by atoms with Crippen LogP contribution in [-0.4, -0.2) is 56.3 Å². The molecule has 0 aliphatic carbocycles. The minimum atomic E-state index is -3.16. The molecule has 0 bridgehead atoms. The van der Waals surface area contributed by atoms with Crippen LogP contribution in [0.2, 0.25) is 0 Å². The van der Waals surface area contributed by atoms with Gasteiger partial charge in [-0.1, -0.05) is 20.3 Å². The Morgan fingerprint density at radius 2 is 2.05 bits per heavy atom. The van der Waals surface area contributed by atoms with Crippen LogP contribution in [0.3, 0.4) is 0 Å². The van der Waals surface area contributed by atoms with Gasteiger partial charge < -0.3 is 10.2 Å². The molecule has 6 nitrogen and oxygen atoms in total. The first-order chi connectivity index (χ1) is 9.79. The van der Waals surface area contributed by atoms with E-state index in [1.165, 1.54) is 7.05 Å². The highest BCUT2D eigenvalue weighted by Gasteiger charge is 2.34. The lowest BCUT2D eigenvalue weighted by Gasteiger charge is -2.35. The average Bonchev–Trinajstić information content (AvgIpc) is 2.43. The predicted octanol–water partition coefficient (Wildman–Crippen LogP) is 0.574. The summed E-state index contributed by atoms with van der Waals surface area (Å²) >= 11 is 0. The fourth-order valence-corrected chi connectivity index (χ4v) is 3.94.